The van der Waals surface area contributed by atoms with Crippen LogP contribution in [-0.2, 0) is 4.79 Å². The molecule has 2 aromatic rings. The standard InChI is InChI=1S/C16H14BrClO3/c1-10-6-12(17)7-11(2)16(10)20-9-15(19)21-14-5-3-4-13(18)8-14/h3-8H,9H2,1-2H3. The van der Waals surface area contributed by atoms with Gasteiger partial charge < -0.3 is 9.47 Å². The van der Waals surface area contributed by atoms with Crippen LogP contribution in [0.3, 0.4) is 0 Å². The van der Waals surface area contributed by atoms with Crippen LogP contribution in [0.4, 0.5) is 0 Å². The average Bonchev–Trinajstić information content (AvgIpc) is 2.37. The fourth-order valence-corrected chi connectivity index (χ4v) is 2.81. The molecule has 0 saturated carbocycles. The van der Waals surface area contributed by atoms with Gasteiger partial charge in [0.15, 0.2) is 6.61 Å². The summed E-state index contributed by atoms with van der Waals surface area (Å²) >= 11 is 9.25. The molecule has 0 fully saturated rings. The molecular weight excluding hydrogens is 356 g/mol. The number of benzene rings is 2. The molecule has 0 spiro atoms. The number of esters is 1. The van der Waals surface area contributed by atoms with Crippen LogP contribution in [0.25, 0.3) is 0 Å². The summed E-state index contributed by atoms with van der Waals surface area (Å²) < 4.78 is 11.7. The van der Waals surface area contributed by atoms with E-state index in [-0.39, 0.29) is 6.61 Å². The molecule has 21 heavy (non-hydrogen) atoms. The summed E-state index contributed by atoms with van der Waals surface area (Å²) in [6.07, 6.45) is 0. The smallest absolute Gasteiger partial charge is 0.349 e. The van der Waals surface area contributed by atoms with Gasteiger partial charge in [-0.1, -0.05) is 33.6 Å². The third kappa shape index (κ3) is 4.48. The van der Waals surface area contributed by atoms with Gasteiger partial charge in [-0.05, 0) is 55.3 Å². The van der Waals surface area contributed by atoms with Crippen LogP contribution in [0.15, 0.2) is 40.9 Å². The minimum Gasteiger partial charge on any atom is -0.481 e. The molecule has 5 heteroatoms. The zero-order valence-electron chi connectivity index (χ0n) is 11.7. The third-order valence-corrected chi connectivity index (χ3v) is 3.48. The molecule has 0 saturated heterocycles. The molecule has 0 aliphatic heterocycles. The summed E-state index contributed by atoms with van der Waals surface area (Å²) in [5.74, 6) is 0.626. The van der Waals surface area contributed by atoms with E-state index in [4.69, 9.17) is 21.1 Å². The van der Waals surface area contributed by atoms with E-state index in [2.05, 4.69) is 15.9 Å². The van der Waals surface area contributed by atoms with Crippen molar-refractivity contribution in [3.63, 3.8) is 0 Å². The normalized spacial score (nSPS) is 10.3. The molecule has 2 aromatic carbocycles. The lowest BCUT2D eigenvalue weighted by molar-refractivity contribution is -0.136. The Morgan fingerprint density at radius 3 is 2.48 bits per heavy atom. The minimum atomic E-state index is -0.473. The van der Waals surface area contributed by atoms with Gasteiger partial charge in [0.25, 0.3) is 0 Å². The summed E-state index contributed by atoms with van der Waals surface area (Å²) in [4.78, 5) is 11.8. The number of rotatable bonds is 4. The van der Waals surface area contributed by atoms with Gasteiger partial charge in [-0.25, -0.2) is 4.79 Å². The highest BCUT2D eigenvalue weighted by Crippen LogP contribution is 2.27. The Hall–Kier alpha value is -1.52. The van der Waals surface area contributed by atoms with Crippen molar-refractivity contribution >= 4 is 33.5 Å². The quantitative estimate of drug-likeness (QED) is 0.578. The van der Waals surface area contributed by atoms with Gasteiger partial charge in [-0.15, -0.1) is 0 Å². The van der Waals surface area contributed by atoms with E-state index < -0.39 is 5.97 Å². The number of hydrogen-bond donors (Lipinski definition) is 0. The molecule has 0 unspecified atom stereocenters. The summed E-state index contributed by atoms with van der Waals surface area (Å²) in [5, 5.41) is 0.515. The number of carbonyl (C=O) groups excluding carboxylic acids is 1. The maximum Gasteiger partial charge on any atom is 0.349 e. The molecule has 0 aliphatic rings. The van der Waals surface area contributed by atoms with Crippen LogP contribution >= 0.6 is 27.5 Å². The largest absolute Gasteiger partial charge is 0.481 e. The predicted octanol–water partition coefficient (Wildman–Crippen LogP) is 4.70. The van der Waals surface area contributed by atoms with Gasteiger partial charge in [-0.3, -0.25) is 0 Å². The van der Waals surface area contributed by atoms with Crippen molar-refractivity contribution in [1.29, 1.82) is 0 Å². The fraction of sp³-hybridized carbons (Fsp3) is 0.188. The second-order valence-electron chi connectivity index (χ2n) is 4.59. The number of halogens is 2. The second kappa shape index (κ2) is 6.96. The minimum absolute atomic E-state index is 0.157. The molecular formula is C16H14BrClO3. The van der Waals surface area contributed by atoms with Gasteiger partial charge in [0, 0.05) is 9.50 Å². The predicted molar refractivity (Wildman–Crippen MR) is 86.2 cm³/mol. The van der Waals surface area contributed by atoms with Gasteiger partial charge >= 0.3 is 5.97 Å². The van der Waals surface area contributed by atoms with Crippen LogP contribution in [-0.4, -0.2) is 12.6 Å². The molecule has 2 rings (SSSR count). The van der Waals surface area contributed by atoms with E-state index in [1.807, 2.05) is 26.0 Å². The molecule has 0 aromatic heterocycles. The lowest BCUT2D eigenvalue weighted by atomic mass is 10.1. The van der Waals surface area contributed by atoms with Crippen LogP contribution in [0.1, 0.15) is 11.1 Å². The highest BCUT2D eigenvalue weighted by Gasteiger charge is 2.10. The first-order chi connectivity index (χ1) is 9.95. The van der Waals surface area contributed by atoms with E-state index in [1.165, 1.54) is 0 Å². The topological polar surface area (TPSA) is 35.5 Å². The lowest BCUT2D eigenvalue weighted by Crippen LogP contribution is -2.18. The average molecular weight is 370 g/mol. The number of ether oxygens (including phenoxy) is 2. The maximum absolute atomic E-state index is 11.8. The maximum atomic E-state index is 11.8. The van der Waals surface area contributed by atoms with Gasteiger partial charge in [0.05, 0.1) is 0 Å². The van der Waals surface area contributed by atoms with Crippen molar-refractivity contribution in [3.05, 3.63) is 57.0 Å². The first kappa shape index (κ1) is 15.9. The molecule has 0 aliphatic carbocycles. The lowest BCUT2D eigenvalue weighted by Gasteiger charge is -2.12. The summed E-state index contributed by atoms with van der Waals surface area (Å²) in [7, 11) is 0. The molecule has 110 valence electrons. The number of aryl methyl sites for hydroxylation is 2. The first-order valence-corrected chi connectivity index (χ1v) is 7.48. The monoisotopic (exact) mass is 368 g/mol. The molecule has 0 heterocycles. The Kier molecular flexibility index (Phi) is 5.26. The Balaban J connectivity index is 1.99. The Morgan fingerprint density at radius 2 is 1.86 bits per heavy atom. The van der Waals surface area contributed by atoms with E-state index in [0.29, 0.717) is 16.5 Å². The summed E-state index contributed by atoms with van der Waals surface area (Å²) in [6, 6.07) is 10.5. The van der Waals surface area contributed by atoms with E-state index in [0.717, 1.165) is 15.6 Å². The highest BCUT2D eigenvalue weighted by atomic mass is 79.9. The van der Waals surface area contributed by atoms with Gasteiger partial charge in [0.1, 0.15) is 11.5 Å². The molecule has 0 bridgehead atoms. The van der Waals surface area contributed by atoms with Gasteiger partial charge in [-0.2, -0.15) is 0 Å². The Bertz CT molecular complexity index is 647. The molecule has 0 amide bonds. The van der Waals surface area contributed by atoms with Crippen LogP contribution in [0, 0.1) is 13.8 Å². The highest BCUT2D eigenvalue weighted by molar-refractivity contribution is 9.10. The zero-order chi connectivity index (χ0) is 15.4. The first-order valence-electron chi connectivity index (χ1n) is 6.31. The number of hydrogen-bond acceptors (Lipinski definition) is 3. The summed E-state index contributed by atoms with van der Waals surface area (Å²) in [6.45, 7) is 3.70. The SMILES string of the molecule is Cc1cc(Br)cc(C)c1OCC(=O)Oc1cccc(Cl)c1. The van der Waals surface area contributed by atoms with E-state index in [1.54, 1.807) is 24.3 Å². The van der Waals surface area contributed by atoms with Crippen molar-refractivity contribution in [3.8, 4) is 11.5 Å². The van der Waals surface area contributed by atoms with Crippen molar-refractivity contribution in [1.82, 2.24) is 0 Å². The van der Waals surface area contributed by atoms with Crippen LogP contribution in [0.2, 0.25) is 5.02 Å². The van der Waals surface area contributed by atoms with E-state index >= 15 is 0 Å². The molecule has 0 radical (unpaired) electrons. The van der Waals surface area contributed by atoms with Crippen LogP contribution < -0.4 is 9.47 Å². The van der Waals surface area contributed by atoms with Crippen molar-refractivity contribution < 1.29 is 14.3 Å². The molecule has 3 nitrogen and oxygen atoms in total. The molecule has 0 atom stereocenters. The Labute approximate surface area is 137 Å². The number of carbonyl (C=O) groups is 1. The van der Waals surface area contributed by atoms with Crippen molar-refractivity contribution in [2.24, 2.45) is 0 Å². The van der Waals surface area contributed by atoms with Crippen molar-refractivity contribution in [2.45, 2.75) is 13.8 Å². The van der Waals surface area contributed by atoms with Crippen LogP contribution in [0.5, 0.6) is 11.5 Å². The fourth-order valence-electron chi connectivity index (χ4n) is 1.95. The zero-order valence-corrected chi connectivity index (χ0v) is 14.0. The van der Waals surface area contributed by atoms with Gasteiger partial charge in [0.2, 0.25) is 0 Å². The second-order valence-corrected chi connectivity index (χ2v) is 5.94. The Morgan fingerprint density at radius 1 is 1.19 bits per heavy atom. The molecule has 0 N–H and O–H groups in total. The third-order valence-electron chi connectivity index (χ3n) is 2.79. The van der Waals surface area contributed by atoms with Crippen molar-refractivity contribution in [2.75, 3.05) is 6.61 Å². The summed E-state index contributed by atoms with van der Waals surface area (Å²) in [5.41, 5.74) is 1.91. The van der Waals surface area contributed by atoms with E-state index in [9.17, 15) is 4.79 Å².